The Balaban J connectivity index is 0.00000320. The predicted octanol–water partition coefficient (Wildman–Crippen LogP) is 3.19. The number of imidazole rings is 1. The maximum absolute atomic E-state index is 5.59. The molecule has 1 aliphatic rings. The van der Waals surface area contributed by atoms with E-state index in [9.17, 15) is 0 Å². The van der Waals surface area contributed by atoms with E-state index in [0.29, 0.717) is 35.8 Å². The van der Waals surface area contributed by atoms with E-state index < -0.39 is 0 Å². The minimum atomic E-state index is 0. The number of likely N-dealkylation sites (tertiary alicyclic amines) is 1. The number of rotatable bonds is 6. The molecule has 1 saturated heterocycles. The first-order valence-electron chi connectivity index (χ1n) is 9.83. The van der Waals surface area contributed by atoms with Gasteiger partial charge in [0.2, 0.25) is 5.75 Å². The van der Waals surface area contributed by atoms with Crippen LogP contribution in [0.5, 0.6) is 17.2 Å². The fourth-order valence-electron chi connectivity index (χ4n) is 3.90. The number of halogens is 1. The Kier molecular flexibility index (Phi) is 9.07. The van der Waals surface area contributed by atoms with E-state index in [0.717, 1.165) is 31.0 Å². The lowest BCUT2D eigenvalue weighted by Gasteiger charge is -2.39. The number of methoxy groups -OCH3 is 3. The van der Waals surface area contributed by atoms with Crippen LogP contribution < -0.4 is 19.5 Å². The molecular weight excluding hydrogens is 497 g/mol. The lowest BCUT2D eigenvalue weighted by Crippen LogP contribution is -2.48. The standard InChI is InChI=1S/C21H31N5O3.HI/c1-15-8-10-25(13-17(15)26-11-9-23-14-26)21(22-2)24-12-16-6-7-18(27-3)20(29-5)19(16)28-4;/h6-7,9,11,14-15,17H,8,10,12-13H2,1-5H3,(H,22,24);1H. The van der Waals surface area contributed by atoms with Gasteiger partial charge in [0.25, 0.3) is 0 Å². The predicted molar refractivity (Wildman–Crippen MR) is 128 cm³/mol. The summed E-state index contributed by atoms with van der Waals surface area (Å²) in [6, 6.07) is 4.24. The number of aliphatic imine (C=N–C) groups is 1. The molecule has 0 spiro atoms. The lowest BCUT2D eigenvalue weighted by atomic mass is 9.93. The Bertz CT molecular complexity index is 828. The second kappa shape index (κ2) is 11.3. The van der Waals surface area contributed by atoms with E-state index in [1.54, 1.807) is 21.3 Å². The third-order valence-corrected chi connectivity index (χ3v) is 5.56. The Morgan fingerprint density at radius 1 is 1.20 bits per heavy atom. The van der Waals surface area contributed by atoms with Crippen molar-refractivity contribution in [3.05, 3.63) is 36.4 Å². The Hall–Kier alpha value is -2.17. The van der Waals surface area contributed by atoms with Crippen molar-refractivity contribution in [2.45, 2.75) is 25.9 Å². The van der Waals surface area contributed by atoms with Crippen LogP contribution in [0.3, 0.4) is 0 Å². The third-order valence-electron chi connectivity index (χ3n) is 5.56. The van der Waals surface area contributed by atoms with Gasteiger partial charge in [-0.2, -0.15) is 0 Å². The summed E-state index contributed by atoms with van der Waals surface area (Å²) in [6.45, 7) is 4.72. The molecule has 8 nitrogen and oxygen atoms in total. The monoisotopic (exact) mass is 529 g/mol. The zero-order valence-electron chi connectivity index (χ0n) is 18.3. The molecule has 0 saturated carbocycles. The van der Waals surface area contributed by atoms with Gasteiger partial charge in [0.15, 0.2) is 17.5 Å². The minimum absolute atomic E-state index is 0. The van der Waals surface area contributed by atoms with Crippen LogP contribution in [-0.2, 0) is 6.54 Å². The summed E-state index contributed by atoms with van der Waals surface area (Å²) in [5.74, 6) is 3.36. The van der Waals surface area contributed by atoms with E-state index in [2.05, 4.69) is 31.7 Å². The molecule has 1 N–H and O–H groups in total. The smallest absolute Gasteiger partial charge is 0.203 e. The van der Waals surface area contributed by atoms with Crippen LogP contribution in [0.1, 0.15) is 24.9 Å². The Morgan fingerprint density at radius 3 is 2.57 bits per heavy atom. The van der Waals surface area contributed by atoms with Crippen LogP contribution in [0.25, 0.3) is 0 Å². The summed E-state index contributed by atoms with van der Waals surface area (Å²) in [5.41, 5.74) is 0.975. The second-order valence-corrected chi connectivity index (χ2v) is 7.18. The molecule has 166 valence electrons. The molecule has 0 aliphatic carbocycles. The molecule has 30 heavy (non-hydrogen) atoms. The number of piperidine rings is 1. The number of nitrogens with one attached hydrogen (secondary N) is 1. The number of ether oxygens (including phenoxy) is 3. The average Bonchev–Trinajstić information content (AvgIpc) is 3.29. The molecule has 1 fully saturated rings. The number of hydrogen-bond donors (Lipinski definition) is 1. The normalized spacial score (nSPS) is 19.1. The van der Waals surface area contributed by atoms with E-state index >= 15 is 0 Å². The maximum Gasteiger partial charge on any atom is 0.203 e. The fraction of sp³-hybridized carbons (Fsp3) is 0.524. The molecule has 1 aliphatic heterocycles. The van der Waals surface area contributed by atoms with Gasteiger partial charge in [-0.3, -0.25) is 4.99 Å². The molecular formula is C21H32IN5O3. The van der Waals surface area contributed by atoms with Crippen molar-refractivity contribution < 1.29 is 14.2 Å². The number of nitrogens with zero attached hydrogens (tertiary/aromatic N) is 4. The number of aromatic nitrogens is 2. The van der Waals surface area contributed by atoms with Gasteiger partial charge in [-0.25, -0.2) is 4.98 Å². The molecule has 1 aromatic carbocycles. The first kappa shape index (κ1) is 24.1. The van der Waals surface area contributed by atoms with Crippen LogP contribution in [0.15, 0.2) is 35.8 Å². The highest BCUT2D eigenvalue weighted by molar-refractivity contribution is 14.0. The third kappa shape index (κ3) is 5.11. The van der Waals surface area contributed by atoms with Gasteiger partial charge < -0.3 is 29.0 Å². The maximum atomic E-state index is 5.59. The van der Waals surface area contributed by atoms with Crippen molar-refractivity contribution in [3.63, 3.8) is 0 Å². The van der Waals surface area contributed by atoms with Crippen molar-refractivity contribution >= 4 is 29.9 Å². The largest absolute Gasteiger partial charge is 0.493 e. The zero-order valence-corrected chi connectivity index (χ0v) is 20.6. The summed E-state index contributed by atoms with van der Waals surface area (Å²) in [5, 5.41) is 3.47. The minimum Gasteiger partial charge on any atom is -0.493 e. The van der Waals surface area contributed by atoms with Gasteiger partial charge in [0.1, 0.15) is 0 Å². The van der Waals surface area contributed by atoms with Gasteiger partial charge in [-0.1, -0.05) is 6.92 Å². The van der Waals surface area contributed by atoms with Crippen molar-refractivity contribution in [2.24, 2.45) is 10.9 Å². The average molecular weight is 529 g/mol. The first-order valence-corrected chi connectivity index (χ1v) is 9.83. The molecule has 2 atom stereocenters. The topological polar surface area (TPSA) is 73.1 Å². The molecule has 9 heteroatoms. The van der Waals surface area contributed by atoms with Crippen LogP contribution in [-0.4, -0.2) is 61.9 Å². The lowest BCUT2D eigenvalue weighted by molar-refractivity contribution is 0.189. The molecule has 1 aromatic heterocycles. The molecule has 3 rings (SSSR count). The van der Waals surface area contributed by atoms with Gasteiger partial charge in [-0.05, 0) is 24.5 Å². The van der Waals surface area contributed by atoms with Gasteiger partial charge in [0.05, 0.1) is 33.7 Å². The van der Waals surface area contributed by atoms with Crippen LogP contribution in [0.4, 0.5) is 0 Å². The summed E-state index contributed by atoms with van der Waals surface area (Å²) in [6.07, 6.45) is 6.87. The Labute approximate surface area is 195 Å². The van der Waals surface area contributed by atoms with Gasteiger partial charge in [0, 0.05) is 44.6 Å². The van der Waals surface area contributed by atoms with E-state index in [-0.39, 0.29) is 24.0 Å². The number of hydrogen-bond acceptors (Lipinski definition) is 5. The van der Waals surface area contributed by atoms with E-state index in [1.807, 2.05) is 37.9 Å². The van der Waals surface area contributed by atoms with Crippen molar-refractivity contribution in [1.82, 2.24) is 19.8 Å². The van der Waals surface area contributed by atoms with Gasteiger partial charge in [-0.15, -0.1) is 24.0 Å². The van der Waals surface area contributed by atoms with E-state index in [1.165, 1.54) is 0 Å². The quantitative estimate of drug-likeness (QED) is 0.352. The van der Waals surface area contributed by atoms with Gasteiger partial charge >= 0.3 is 0 Å². The highest BCUT2D eigenvalue weighted by Gasteiger charge is 2.29. The summed E-state index contributed by atoms with van der Waals surface area (Å²) < 4.78 is 18.6. The molecule has 2 unspecified atom stereocenters. The highest BCUT2D eigenvalue weighted by atomic mass is 127. The molecule has 0 amide bonds. The molecule has 2 aromatic rings. The Morgan fingerprint density at radius 2 is 1.97 bits per heavy atom. The van der Waals surface area contributed by atoms with E-state index in [4.69, 9.17) is 14.2 Å². The summed E-state index contributed by atoms with van der Waals surface area (Å²) >= 11 is 0. The number of guanidine groups is 1. The number of benzene rings is 1. The zero-order chi connectivity index (χ0) is 20.8. The second-order valence-electron chi connectivity index (χ2n) is 7.18. The summed E-state index contributed by atoms with van der Waals surface area (Å²) in [7, 11) is 6.68. The van der Waals surface area contributed by atoms with Crippen molar-refractivity contribution in [1.29, 1.82) is 0 Å². The van der Waals surface area contributed by atoms with Crippen LogP contribution in [0, 0.1) is 5.92 Å². The molecule has 0 bridgehead atoms. The first-order chi connectivity index (χ1) is 14.1. The molecule has 0 radical (unpaired) electrons. The SMILES string of the molecule is CN=C(NCc1ccc(OC)c(OC)c1OC)N1CCC(C)C(n2ccnc2)C1.I. The molecule has 2 heterocycles. The van der Waals surface area contributed by atoms with Crippen LogP contribution in [0.2, 0.25) is 0 Å². The summed E-state index contributed by atoms with van der Waals surface area (Å²) in [4.78, 5) is 11.0. The fourth-order valence-corrected chi connectivity index (χ4v) is 3.90. The van der Waals surface area contributed by atoms with Crippen molar-refractivity contribution in [3.8, 4) is 17.2 Å². The van der Waals surface area contributed by atoms with Crippen LogP contribution >= 0.6 is 24.0 Å². The van der Waals surface area contributed by atoms with Crippen molar-refractivity contribution in [2.75, 3.05) is 41.5 Å². The highest BCUT2D eigenvalue weighted by Crippen LogP contribution is 2.39.